The highest BCUT2D eigenvalue weighted by molar-refractivity contribution is 7.13. The summed E-state index contributed by atoms with van der Waals surface area (Å²) in [6, 6.07) is 8.54. The third-order valence-electron chi connectivity index (χ3n) is 6.27. The Morgan fingerprint density at radius 3 is 2.31 bits per heavy atom. The van der Waals surface area contributed by atoms with Crippen LogP contribution in [-0.4, -0.2) is 38.9 Å². The van der Waals surface area contributed by atoms with Gasteiger partial charge in [-0.2, -0.15) is 0 Å². The van der Waals surface area contributed by atoms with Crippen LogP contribution in [0.3, 0.4) is 0 Å². The summed E-state index contributed by atoms with van der Waals surface area (Å²) in [5, 5.41) is 10.7. The highest BCUT2D eigenvalue weighted by Gasteiger charge is 2.58. The number of nitrogens with one attached hydrogen (secondary N) is 1. The monoisotopic (exact) mass is 408 g/mol. The van der Waals surface area contributed by atoms with Crippen molar-refractivity contribution in [1.82, 2.24) is 15.1 Å². The van der Waals surface area contributed by atoms with Gasteiger partial charge in [-0.05, 0) is 30.2 Å². The number of hydrogen-bond acceptors (Lipinski definition) is 6. The van der Waals surface area contributed by atoms with Crippen LogP contribution in [0, 0.1) is 23.7 Å². The lowest BCUT2D eigenvalue weighted by Gasteiger charge is -2.38. The van der Waals surface area contributed by atoms with E-state index >= 15 is 0 Å². The van der Waals surface area contributed by atoms with Gasteiger partial charge in [0.05, 0.1) is 11.8 Å². The average Bonchev–Trinajstić information content (AvgIpc) is 3.35. The van der Waals surface area contributed by atoms with Crippen LogP contribution >= 0.6 is 11.3 Å². The molecule has 4 aliphatic rings. The standard InChI is InChI=1S/C21H20N4O3S/c26-18(23-21-24-22-11-29-21)15(10-12-4-2-1-3-5-12)25-19(27)16-13-6-7-14(9-8-13)17(16)20(25)28/h1-7,11,13-17H,8-10H2,(H,23,24,26)/t13-,14-,15-,16-,17+/m0/s1. The lowest BCUT2D eigenvalue weighted by molar-refractivity contribution is -0.146. The molecule has 1 N–H and O–H groups in total. The van der Waals surface area contributed by atoms with Gasteiger partial charge in [-0.3, -0.25) is 24.6 Å². The zero-order valence-electron chi connectivity index (χ0n) is 15.6. The SMILES string of the molecule is O=C(Nc1nncs1)[C@H](Cc1ccccc1)N1C(=O)[C@@H]2[C@H](C1=O)[C@H]1C=C[C@H]2CC1. The number of hydrogen-bond donors (Lipinski definition) is 1. The van der Waals surface area contributed by atoms with E-state index in [1.54, 1.807) is 0 Å². The number of aromatic nitrogens is 2. The molecule has 7 nitrogen and oxygen atoms in total. The third-order valence-corrected chi connectivity index (χ3v) is 6.88. The number of nitrogens with zero attached hydrogens (tertiary/aromatic N) is 3. The fourth-order valence-electron chi connectivity index (χ4n) is 4.96. The molecular weight excluding hydrogens is 388 g/mol. The molecule has 0 radical (unpaired) electrons. The molecule has 1 saturated heterocycles. The number of amides is 3. The summed E-state index contributed by atoms with van der Waals surface area (Å²) in [5.74, 6) is -1.33. The minimum Gasteiger partial charge on any atom is -0.299 e. The van der Waals surface area contributed by atoms with E-state index < -0.39 is 11.9 Å². The summed E-state index contributed by atoms with van der Waals surface area (Å²) >= 11 is 1.20. The van der Waals surface area contributed by atoms with Crippen molar-refractivity contribution in [2.45, 2.75) is 25.3 Å². The fraction of sp³-hybridized carbons (Fsp3) is 0.381. The highest BCUT2D eigenvalue weighted by atomic mass is 32.1. The van der Waals surface area contributed by atoms with Crippen molar-refractivity contribution in [2.75, 3.05) is 5.32 Å². The van der Waals surface area contributed by atoms with Crippen molar-refractivity contribution in [2.24, 2.45) is 23.7 Å². The second kappa shape index (κ2) is 7.18. The number of carbonyl (C=O) groups is 3. The number of anilines is 1. The van der Waals surface area contributed by atoms with E-state index in [-0.39, 0.29) is 41.9 Å². The van der Waals surface area contributed by atoms with Gasteiger partial charge in [0.15, 0.2) is 0 Å². The van der Waals surface area contributed by atoms with E-state index in [0.29, 0.717) is 5.13 Å². The molecule has 29 heavy (non-hydrogen) atoms. The van der Waals surface area contributed by atoms with Gasteiger partial charge in [0.2, 0.25) is 22.9 Å². The van der Waals surface area contributed by atoms with Crippen molar-refractivity contribution in [1.29, 1.82) is 0 Å². The average molecular weight is 408 g/mol. The minimum absolute atomic E-state index is 0.0926. The molecule has 1 aromatic heterocycles. The van der Waals surface area contributed by atoms with Gasteiger partial charge < -0.3 is 0 Å². The van der Waals surface area contributed by atoms with Crippen molar-refractivity contribution >= 4 is 34.2 Å². The fourth-order valence-corrected chi connectivity index (χ4v) is 5.41. The molecule has 3 aliphatic carbocycles. The van der Waals surface area contributed by atoms with E-state index in [9.17, 15) is 14.4 Å². The van der Waals surface area contributed by atoms with Crippen molar-refractivity contribution in [3.8, 4) is 0 Å². The Labute approximate surface area is 171 Å². The Bertz CT molecular complexity index is 943. The van der Waals surface area contributed by atoms with Gasteiger partial charge in [-0.15, -0.1) is 10.2 Å². The van der Waals surface area contributed by atoms with Crippen LogP contribution in [0.5, 0.6) is 0 Å². The van der Waals surface area contributed by atoms with Crippen molar-refractivity contribution in [3.63, 3.8) is 0 Å². The first-order valence-electron chi connectivity index (χ1n) is 9.79. The Morgan fingerprint density at radius 1 is 1.10 bits per heavy atom. The Hall–Kier alpha value is -2.87. The molecule has 0 spiro atoms. The van der Waals surface area contributed by atoms with Crippen LogP contribution in [0.2, 0.25) is 0 Å². The van der Waals surface area contributed by atoms with E-state index in [2.05, 4.69) is 27.7 Å². The van der Waals surface area contributed by atoms with Gasteiger partial charge >= 0.3 is 0 Å². The van der Waals surface area contributed by atoms with Crippen LogP contribution in [0.15, 0.2) is 48.0 Å². The number of likely N-dealkylation sites (tertiary alicyclic amines) is 1. The molecule has 1 aromatic carbocycles. The smallest absolute Gasteiger partial charge is 0.249 e. The topological polar surface area (TPSA) is 92.3 Å². The normalized spacial score (nSPS) is 28.5. The maximum Gasteiger partial charge on any atom is 0.249 e. The predicted molar refractivity (Wildman–Crippen MR) is 107 cm³/mol. The number of carbonyl (C=O) groups excluding carboxylic acids is 3. The maximum atomic E-state index is 13.3. The number of rotatable bonds is 5. The molecule has 2 fully saturated rings. The van der Waals surface area contributed by atoms with Crippen molar-refractivity contribution < 1.29 is 14.4 Å². The molecule has 8 heteroatoms. The van der Waals surface area contributed by atoms with E-state index in [0.717, 1.165) is 18.4 Å². The second-order valence-electron chi connectivity index (χ2n) is 7.83. The molecule has 1 aliphatic heterocycles. The highest BCUT2D eigenvalue weighted by Crippen LogP contribution is 2.50. The molecule has 0 unspecified atom stereocenters. The molecule has 2 aromatic rings. The zero-order chi connectivity index (χ0) is 20.0. The number of fused-ring (bicyclic) bond motifs is 1. The van der Waals surface area contributed by atoms with Gasteiger partial charge in [-0.1, -0.05) is 53.8 Å². The largest absolute Gasteiger partial charge is 0.299 e. The zero-order valence-corrected chi connectivity index (χ0v) is 16.4. The van der Waals surface area contributed by atoms with Crippen molar-refractivity contribution in [3.05, 3.63) is 53.6 Å². The summed E-state index contributed by atoms with van der Waals surface area (Å²) in [5.41, 5.74) is 2.41. The minimum atomic E-state index is -0.911. The number of allylic oxidation sites excluding steroid dienone is 2. The first kappa shape index (κ1) is 18.2. The molecule has 148 valence electrons. The van der Waals surface area contributed by atoms with Crippen LogP contribution in [-0.2, 0) is 20.8 Å². The summed E-state index contributed by atoms with van der Waals surface area (Å²) in [6.45, 7) is 0. The lowest BCUT2D eigenvalue weighted by Crippen LogP contribution is -2.49. The summed E-state index contributed by atoms with van der Waals surface area (Å²) in [7, 11) is 0. The molecule has 2 heterocycles. The molecule has 1 saturated carbocycles. The Kier molecular flexibility index (Phi) is 4.50. The van der Waals surface area contributed by atoms with Gasteiger partial charge in [0, 0.05) is 6.42 Å². The van der Waals surface area contributed by atoms with E-state index in [1.165, 1.54) is 21.7 Å². The second-order valence-corrected chi connectivity index (χ2v) is 8.66. The van der Waals surface area contributed by atoms with Crippen LogP contribution in [0.1, 0.15) is 18.4 Å². The molecule has 2 bridgehead atoms. The van der Waals surface area contributed by atoms with Crippen LogP contribution in [0.4, 0.5) is 5.13 Å². The quantitative estimate of drug-likeness (QED) is 0.605. The number of imide groups is 1. The third kappa shape index (κ3) is 3.07. The lowest BCUT2D eigenvalue weighted by atomic mass is 9.63. The van der Waals surface area contributed by atoms with Crippen LogP contribution in [0.25, 0.3) is 0 Å². The van der Waals surface area contributed by atoms with Gasteiger partial charge in [0.1, 0.15) is 11.6 Å². The summed E-state index contributed by atoms with van der Waals surface area (Å²) in [4.78, 5) is 41.1. The maximum absolute atomic E-state index is 13.3. The summed E-state index contributed by atoms with van der Waals surface area (Å²) < 4.78 is 0. The van der Waals surface area contributed by atoms with E-state index in [4.69, 9.17) is 0 Å². The molecule has 5 atom stereocenters. The van der Waals surface area contributed by atoms with Gasteiger partial charge in [-0.25, -0.2) is 0 Å². The number of benzene rings is 1. The molecule has 6 rings (SSSR count). The summed E-state index contributed by atoms with van der Waals surface area (Å²) in [6.07, 6.45) is 6.28. The van der Waals surface area contributed by atoms with Crippen LogP contribution < -0.4 is 5.32 Å². The first-order valence-corrected chi connectivity index (χ1v) is 10.7. The predicted octanol–water partition coefficient (Wildman–Crippen LogP) is 2.29. The van der Waals surface area contributed by atoms with Gasteiger partial charge in [0.25, 0.3) is 0 Å². The molecule has 3 amide bonds. The Morgan fingerprint density at radius 2 is 1.76 bits per heavy atom. The first-order chi connectivity index (χ1) is 14.1. The molecular formula is C21H20N4O3S. The van der Waals surface area contributed by atoms with E-state index in [1.807, 2.05) is 30.3 Å². The Balaban J connectivity index is 1.48.